The lowest BCUT2D eigenvalue weighted by atomic mass is 10.1. The zero-order valence-electron chi connectivity index (χ0n) is 12.8. The number of rotatable bonds is 5. The van der Waals surface area contributed by atoms with Gasteiger partial charge in [-0.25, -0.2) is 8.42 Å². The summed E-state index contributed by atoms with van der Waals surface area (Å²) in [4.78, 5) is 12.5. The van der Waals surface area contributed by atoms with E-state index in [0.29, 0.717) is 10.0 Å². The molecule has 2 aromatic rings. The van der Waals surface area contributed by atoms with Crippen LogP contribution in [0.2, 0.25) is 0 Å². The fraction of sp³-hybridized carbons (Fsp3) is 0.235. The lowest BCUT2D eigenvalue weighted by molar-refractivity contribution is -0.142. The van der Waals surface area contributed by atoms with Crippen LogP contribution < -0.4 is 0 Å². The third-order valence-corrected chi connectivity index (χ3v) is 6.07. The van der Waals surface area contributed by atoms with Gasteiger partial charge in [0.05, 0.1) is 11.5 Å². The number of benzene rings is 2. The van der Waals surface area contributed by atoms with E-state index in [4.69, 9.17) is 4.74 Å². The summed E-state index contributed by atoms with van der Waals surface area (Å²) < 4.78 is 31.5. The highest BCUT2D eigenvalue weighted by molar-refractivity contribution is 9.10. The molecule has 1 unspecified atom stereocenters. The van der Waals surface area contributed by atoms with Crippen LogP contribution in [-0.2, 0) is 19.4 Å². The maximum Gasteiger partial charge on any atom is 0.329 e. The van der Waals surface area contributed by atoms with Gasteiger partial charge in [0.1, 0.15) is 0 Å². The molecule has 0 amide bonds. The van der Waals surface area contributed by atoms with Crippen molar-refractivity contribution in [3.05, 3.63) is 64.1 Å². The topological polar surface area (TPSA) is 60.4 Å². The summed E-state index contributed by atoms with van der Waals surface area (Å²) >= 11 is 3.32. The molecule has 1 atom stereocenters. The molecule has 2 aromatic carbocycles. The molecule has 0 N–H and O–H groups in total. The van der Waals surface area contributed by atoms with Gasteiger partial charge in [-0.05, 0) is 37.6 Å². The fourth-order valence-corrected chi connectivity index (χ4v) is 4.50. The molecule has 0 saturated carbocycles. The molecule has 0 aromatic heterocycles. The summed E-state index contributed by atoms with van der Waals surface area (Å²) in [6, 6.07) is 13.2. The van der Waals surface area contributed by atoms with Crippen molar-refractivity contribution in [3.63, 3.8) is 0 Å². The Labute approximate surface area is 144 Å². The van der Waals surface area contributed by atoms with Crippen LogP contribution in [0.5, 0.6) is 0 Å². The van der Waals surface area contributed by atoms with Crippen LogP contribution in [0, 0.1) is 6.92 Å². The predicted molar refractivity (Wildman–Crippen MR) is 91.9 cm³/mol. The van der Waals surface area contributed by atoms with E-state index in [1.807, 2.05) is 6.92 Å². The number of halogens is 1. The maximum atomic E-state index is 13.0. The largest absolute Gasteiger partial charge is 0.465 e. The van der Waals surface area contributed by atoms with E-state index in [2.05, 4.69) is 15.9 Å². The fourth-order valence-electron chi connectivity index (χ4n) is 2.19. The average molecular weight is 397 g/mol. The number of hydrogen-bond donors (Lipinski definition) is 0. The third-order valence-electron chi connectivity index (χ3n) is 3.35. The lowest BCUT2D eigenvalue weighted by Gasteiger charge is -2.18. The second-order valence-electron chi connectivity index (χ2n) is 5.01. The Kier molecular flexibility index (Phi) is 5.59. The number of esters is 1. The van der Waals surface area contributed by atoms with Gasteiger partial charge >= 0.3 is 5.97 Å². The first-order valence-corrected chi connectivity index (χ1v) is 9.43. The van der Waals surface area contributed by atoms with Crippen LogP contribution in [0.4, 0.5) is 0 Å². The van der Waals surface area contributed by atoms with Gasteiger partial charge in [-0.1, -0.05) is 51.8 Å². The molecule has 2 rings (SSSR count). The molecule has 0 aliphatic heterocycles. The Balaban J connectivity index is 2.59. The number of sulfone groups is 1. The van der Waals surface area contributed by atoms with Gasteiger partial charge in [0, 0.05) is 4.47 Å². The molecule has 122 valence electrons. The molecule has 0 aliphatic carbocycles. The van der Waals surface area contributed by atoms with Gasteiger partial charge in [-0.15, -0.1) is 0 Å². The molecule has 0 aliphatic rings. The van der Waals surface area contributed by atoms with E-state index in [0.717, 1.165) is 5.56 Å². The number of carbonyl (C=O) groups is 1. The Morgan fingerprint density at radius 3 is 2.30 bits per heavy atom. The van der Waals surface area contributed by atoms with Crippen LogP contribution in [0.15, 0.2) is 57.9 Å². The zero-order chi connectivity index (χ0) is 17.0. The highest BCUT2D eigenvalue weighted by Gasteiger charge is 2.38. The SMILES string of the molecule is CCOC(=O)C(c1ccccc1Br)S(=O)(=O)c1ccc(C)cc1. The molecule has 4 nitrogen and oxygen atoms in total. The van der Waals surface area contributed by atoms with Gasteiger partial charge in [0.15, 0.2) is 15.1 Å². The van der Waals surface area contributed by atoms with Crippen molar-refractivity contribution in [2.45, 2.75) is 24.0 Å². The average Bonchev–Trinajstić information content (AvgIpc) is 2.50. The molecule has 0 spiro atoms. The van der Waals surface area contributed by atoms with Crippen LogP contribution in [-0.4, -0.2) is 21.0 Å². The van der Waals surface area contributed by atoms with Crippen LogP contribution in [0.3, 0.4) is 0 Å². The first-order chi connectivity index (χ1) is 10.9. The summed E-state index contributed by atoms with van der Waals surface area (Å²) in [6.45, 7) is 3.63. The summed E-state index contributed by atoms with van der Waals surface area (Å²) in [5.74, 6) is -0.778. The molecule has 0 fully saturated rings. The van der Waals surface area contributed by atoms with Crippen LogP contribution in [0.1, 0.15) is 23.3 Å². The van der Waals surface area contributed by atoms with E-state index in [-0.39, 0.29) is 11.5 Å². The molecule has 0 bridgehead atoms. The minimum absolute atomic E-state index is 0.0944. The first kappa shape index (κ1) is 17.7. The van der Waals surface area contributed by atoms with Crippen molar-refractivity contribution < 1.29 is 17.9 Å². The van der Waals surface area contributed by atoms with Crippen molar-refractivity contribution in [1.29, 1.82) is 0 Å². The molecule has 0 radical (unpaired) electrons. The predicted octanol–water partition coefficient (Wildman–Crippen LogP) is 3.84. The summed E-state index contributed by atoms with van der Waals surface area (Å²) in [5, 5.41) is -1.40. The van der Waals surface area contributed by atoms with Gasteiger partial charge in [-0.3, -0.25) is 4.79 Å². The Hall–Kier alpha value is -1.66. The number of aryl methyl sites for hydroxylation is 1. The van der Waals surface area contributed by atoms with Gasteiger partial charge < -0.3 is 4.74 Å². The summed E-state index contributed by atoms with van der Waals surface area (Å²) in [7, 11) is -3.92. The number of carbonyl (C=O) groups excluding carboxylic acids is 1. The van der Waals surface area contributed by atoms with Crippen molar-refractivity contribution in [3.8, 4) is 0 Å². The second kappa shape index (κ2) is 7.27. The third kappa shape index (κ3) is 3.82. The van der Waals surface area contributed by atoms with Crippen molar-refractivity contribution in [1.82, 2.24) is 0 Å². The van der Waals surface area contributed by atoms with Crippen molar-refractivity contribution in [2.75, 3.05) is 6.61 Å². The highest BCUT2D eigenvalue weighted by atomic mass is 79.9. The minimum atomic E-state index is -3.92. The molecule has 0 saturated heterocycles. The Bertz CT molecular complexity index is 798. The van der Waals surface area contributed by atoms with Crippen molar-refractivity contribution >= 4 is 31.7 Å². The van der Waals surface area contributed by atoms with Crippen LogP contribution >= 0.6 is 15.9 Å². The zero-order valence-corrected chi connectivity index (χ0v) is 15.2. The lowest BCUT2D eigenvalue weighted by Crippen LogP contribution is -2.25. The number of hydrogen-bond acceptors (Lipinski definition) is 4. The van der Waals surface area contributed by atoms with Gasteiger partial charge in [0.25, 0.3) is 0 Å². The van der Waals surface area contributed by atoms with E-state index in [9.17, 15) is 13.2 Å². The van der Waals surface area contributed by atoms with Crippen molar-refractivity contribution in [2.24, 2.45) is 0 Å². The normalized spacial score (nSPS) is 12.7. The summed E-state index contributed by atoms with van der Waals surface area (Å²) in [6.07, 6.45) is 0. The smallest absolute Gasteiger partial charge is 0.329 e. The Morgan fingerprint density at radius 1 is 1.13 bits per heavy atom. The summed E-state index contributed by atoms with van der Waals surface area (Å²) in [5.41, 5.74) is 1.31. The quantitative estimate of drug-likeness (QED) is 0.720. The monoisotopic (exact) mass is 396 g/mol. The van der Waals surface area contributed by atoms with E-state index >= 15 is 0 Å². The number of ether oxygens (including phenoxy) is 1. The second-order valence-corrected chi connectivity index (χ2v) is 7.90. The molecule has 23 heavy (non-hydrogen) atoms. The molecular weight excluding hydrogens is 380 g/mol. The van der Waals surface area contributed by atoms with Gasteiger partial charge in [0.2, 0.25) is 0 Å². The molecule has 0 heterocycles. The van der Waals surface area contributed by atoms with E-state index in [1.54, 1.807) is 43.3 Å². The highest BCUT2D eigenvalue weighted by Crippen LogP contribution is 2.34. The maximum absolute atomic E-state index is 13.0. The van der Waals surface area contributed by atoms with E-state index < -0.39 is 21.1 Å². The van der Waals surface area contributed by atoms with Crippen LogP contribution in [0.25, 0.3) is 0 Å². The standard InChI is InChI=1S/C17H17BrO4S/c1-3-22-17(19)16(14-6-4-5-7-15(14)18)23(20,21)13-10-8-12(2)9-11-13/h4-11,16H,3H2,1-2H3. The molecule has 6 heteroatoms. The first-order valence-electron chi connectivity index (χ1n) is 7.09. The molecular formula is C17H17BrO4S. The van der Waals surface area contributed by atoms with E-state index in [1.165, 1.54) is 12.1 Å². The van der Waals surface area contributed by atoms with Gasteiger partial charge in [-0.2, -0.15) is 0 Å². The minimum Gasteiger partial charge on any atom is -0.465 e. The Morgan fingerprint density at radius 2 is 1.74 bits per heavy atom.